The standard InChI is InChI=1S/C3H6F2N2O2/c4-3(5,1-8)2(9)7-6/h8H,1,6H2,(H,7,9). The van der Waals surface area contributed by atoms with Crippen LogP contribution >= 0.6 is 0 Å². The second kappa shape index (κ2) is 2.70. The van der Waals surface area contributed by atoms with Crippen LogP contribution in [0.3, 0.4) is 0 Å². The molecule has 0 unspecified atom stereocenters. The molecule has 0 fully saturated rings. The van der Waals surface area contributed by atoms with Gasteiger partial charge in [-0.05, 0) is 0 Å². The molecule has 9 heavy (non-hydrogen) atoms. The van der Waals surface area contributed by atoms with Crippen molar-refractivity contribution in [2.75, 3.05) is 6.61 Å². The molecular weight excluding hydrogens is 134 g/mol. The fourth-order valence-corrected chi connectivity index (χ4v) is 0.177. The Kier molecular flexibility index (Phi) is 2.47. The summed E-state index contributed by atoms with van der Waals surface area (Å²) >= 11 is 0. The Bertz CT molecular complexity index is 116. The summed E-state index contributed by atoms with van der Waals surface area (Å²) in [6, 6.07) is 0. The minimum absolute atomic E-state index is 1.21. The van der Waals surface area contributed by atoms with Gasteiger partial charge >= 0.3 is 11.8 Å². The quantitative estimate of drug-likeness (QED) is 0.251. The highest BCUT2D eigenvalue weighted by Crippen LogP contribution is 2.10. The number of alkyl halides is 2. The van der Waals surface area contributed by atoms with Crippen LogP contribution in [0.1, 0.15) is 0 Å². The van der Waals surface area contributed by atoms with E-state index >= 15 is 0 Å². The first-order valence-corrected chi connectivity index (χ1v) is 2.04. The molecule has 0 bridgehead atoms. The lowest BCUT2D eigenvalue weighted by atomic mass is 10.3. The number of carbonyl (C=O) groups is 1. The van der Waals surface area contributed by atoms with Crippen LogP contribution in [0.25, 0.3) is 0 Å². The average Bonchev–Trinajstić information content (AvgIpc) is 1.86. The third kappa shape index (κ3) is 1.90. The first-order valence-electron chi connectivity index (χ1n) is 2.04. The van der Waals surface area contributed by atoms with E-state index in [4.69, 9.17) is 5.11 Å². The van der Waals surface area contributed by atoms with E-state index < -0.39 is 18.4 Å². The van der Waals surface area contributed by atoms with Gasteiger partial charge in [-0.3, -0.25) is 10.2 Å². The molecule has 0 aliphatic carbocycles. The van der Waals surface area contributed by atoms with Gasteiger partial charge in [-0.2, -0.15) is 8.78 Å². The Balaban J connectivity index is 3.97. The number of nitrogens with one attached hydrogen (secondary N) is 1. The number of hydrogen-bond acceptors (Lipinski definition) is 3. The summed E-state index contributed by atoms with van der Waals surface area (Å²) in [7, 11) is 0. The molecule has 0 spiro atoms. The number of aliphatic hydroxyl groups excluding tert-OH is 1. The van der Waals surface area contributed by atoms with Gasteiger partial charge < -0.3 is 5.11 Å². The van der Waals surface area contributed by atoms with E-state index in [0.717, 1.165) is 0 Å². The van der Waals surface area contributed by atoms with Gasteiger partial charge in [-0.15, -0.1) is 0 Å². The Labute approximate surface area is 49.6 Å². The molecule has 4 nitrogen and oxygen atoms in total. The molecule has 0 saturated carbocycles. The van der Waals surface area contributed by atoms with Crippen LogP contribution in [-0.4, -0.2) is 23.5 Å². The summed E-state index contributed by atoms with van der Waals surface area (Å²) in [6.07, 6.45) is 0. The highest BCUT2D eigenvalue weighted by Gasteiger charge is 2.37. The minimum Gasteiger partial charge on any atom is -0.390 e. The summed E-state index contributed by atoms with van der Waals surface area (Å²) < 4.78 is 23.6. The van der Waals surface area contributed by atoms with Gasteiger partial charge in [0, 0.05) is 0 Å². The molecule has 1 amide bonds. The first-order chi connectivity index (χ1) is 4.04. The van der Waals surface area contributed by atoms with E-state index in [0.29, 0.717) is 0 Å². The second-order valence-electron chi connectivity index (χ2n) is 1.34. The topological polar surface area (TPSA) is 75.3 Å². The maximum absolute atomic E-state index is 11.8. The molecule has 4 N–H and O–H groups in total. The van der Waals surface area contributed by atoms with Crippen molar-refractivity contribution in [1.82, 2.24) is 5.43 Å². The molecule has 0 aromatic heterocycles. The van der Waals surface area contributed by atoms with E-state index in [1.54, 1.807) is 0 Å². The number of aliphatic hydroxyl groups is 1. The fraction of sp³-hybridized carbons (Fsp3) is 0.667. The van der Waals surface area contributed by atoms with Gasteiger partial charge in [-0.25, -0.2) is 5.84 Å². The van der Waals surface area contributed by atoms with E-state index in [1.807, 2.05) is 0 Å². The third-order valence-electron chi connectivity index (χ3n) is 0.662. The van der Waals surface area contributed by atoms with Crippen molar-refractivity contribution >= 4 is 5.91 Å². The van der Waals surface area contributed by atoms with Crippen LogP contribution in [0.4, 0.5) is 8.78 Å². The maximum Gasteiger partial charge on any atom is 0.348 e. The predicted molar refractivity (Wildman–Crippen MR) is 24.4 cm³/mol. The van der Waals surface area contributed by atoms with Gasteiger partial charge in [0.15, 0.2) is 0 Å². The van der Waals surface area contributed by atoms with Gasteiger partial charge in [0.2, 0.25) is 0 Å². The molecule has 0 rings (SSSR count). The Morgan fingerprint density at radius 3 is 2.33 bits per heavy atom. The van der Waals surface area contributed by atoms with Gasteiger partial charge in [0.25, 0.3) is 0 Å². The molecule has 0 aliphatic rings. The average molecular weight is 140 g/mol. The molecule has 0 heterocycles. The lowest BCUT2D eigenvalue weighted by molar-refractivity contribution is -0.151. The second-order valence-corrected chi connectivity index (χ2v) is 1.34. The number of hydrazine groups is 1. The molecule has 0 atom stereocenters. The van der Waals surface area contributed by atoms with Gasteiger partial charge in [-0.1, -0.05) is 0 Å². The largest absolute Gasteiger partial charge is 0.390 e. The lowest BCUT2D eigenvalue weighted by Gasteiger charge is -2.08. The highest BCUT2D eigenvalue weighted by molar-refractivity contribution is 5.82. The number of carbonyl (C=O) groups excluding carboxylic acids is 1. The lowest BCUT2D eigenvalue weighted by Crippen LogP contribution is -2.45. The molecule has 0 aromatic rings. The van der Waals surface area contributed by atoms with Crippen molar-refractivity contribution in [3.63, 3.8) is 0 Å². The zero-order valence-electron chi connectivity index (χ0n) is 4.40. The van der Waals surface area contributed by atoms with E-state index in [1.165, 1.54) is 5.43 Å². The third-order valence-corrected chi connectivity index (χ3v) is 0.662. The number of rotatable bonds is 2. The SMILES string of the molecule is NNC(=O)C(F)(F)CO. The highest BCUT2D eigenvalue weighted by atomic mass is 19.3. The van der Waals surface area contributed by atoms with E-state index in [9.17, 15) is 13.6 Å². The summed E-state index contributed by atoms with van der Waals surface area (Å²) in [5.74, 6) is -1.12. The molecule has 0 aliphatic heterocycles. The molecule has 0 aromatic carbocycles. The van der Waals surface area contributed by atoms with Crippen LogP contribution in [0.15, 0.2) is 0 Å². The van der Waals surface area contributed by atoms with Crippen molar-refractivity contribution in [3.05, 3.63) is 0 Å². The van der Waals surface area contributed by atoms with Crippen LogP contribution in [-0.2, 0) is 4.79 Å². The summed E-state index contributed by atoms with van der Waals surface area (Å²) in [5, 5.41) is 7.83. The molecule has 0 saturated heterocycles. The van der Waals surface area contributed by atoms with Gasteiger partial charge in [0.05, 0.1) is 0 Å². The zero-order chi connectivity index (χ0) is 7.49. The van der Waals surface area contributed by atoms with Crippen LogP contribution in [0.2, 0.25) is 0 Å². The van der Waals surface area contributed by atoms with Crippen molar-refractivity contribution in [3.8, 4) is 0 Å². The Hall–Kier alpha value is -0.750. The number of nitrogens with two attached hydrogens (primary N) is 1. The smallest absolute Gasteiger partial charge is 0.348 e. The molecule has 54 valence electrons. The number of hydrogen-bond donors (Lipinski definition) is 3. The predicted octanol–water partition coefficient (Wildman–Crippen LogP) is -1.40. The monoisotopic (exact) mass is 140 g/mol. The van der Waals surface area contributed by atoms with E-state index in [-0.39, 0.29) is 0 Å². The first kappa shape index (κ1) is 8.25. The fourth-order valence-electron chi connectivity index (χ4n) is 0.177. The normalized spacial score (nSPS) is 11.1. The Morgan fingerprint density at radius 2 is 2.22 bits per heavy atom. The van der Waals surface area contributed by atoms with Crippen molar-refractivity contribution in [2.24, 2.45) is 5.84 Å². The van der Waals surface area contributed by atoms with Gasteiger partial charge in [0.1, 0.15) is 6.61 Å². The molecular formula is C3H6F2N2O2. The number of halogens is 2. The van der Waals surface area contributed by atoms with Crippen molar-refractivity contribution < 1.29 is 18.7 Å². The minimum atomic E-state index is -3.77. The summed E-state index contributed by atoms with van der Waals surface area (Å²) in [5.41, 5.74) is 1.21. The van der Waals surface area contributed by atoms with Crippen LogP contribution in [0.5, 0.6) is 0 Å². The number of amides is 1. The summed E-state index contributed by atoms with van der Waals surface area (Å²) in [4.78, 5) is 9.92. The van der Waals surface area contributed by atoms with E-state index in [2.05, 4.69) is 5.84 Å². The van der Waals surface area contributed by atoms with Crippen molar-refractivity contribution in [2.45, 2.75) is 5.92 Å². The van der Waals surface area contributed by atoms with Crippen molar-refractivity contribution in [1.29, 1.82) is 0 Å². The Morgan fingerprint density at radius 1 is 1.78 bits per heavy atom. The maximum atomic E-state index is 11.8. The molecule has 6 heteroatoms. The molecule has 0 radical (unpaired) electrons. The van der Waals surface area contributed by atoms with Crippen LogP contribution < -0.4 is 11.3 Å². The zero-order valence-corrected chi connectivity index (χ0v) is 4.40. The van der Waals surface area contributed by atoms with Crippen LogP contribution in [0, 0.1) is 0 Å². The summed E-state index contributed by atoms with van der Waals surface area (Å²) in [6.45, 7) is -1.53.